The number of hydrogen-bond donors (Lipinski definition) is 1. The summed E-state index contributed by atoms with van der Waals surface area (Å²) < 4.78 is 73.3. The molecule has 4 aliphatic rings. The lowest BCUT2D eigenvalue weighted by Crippen LogP contribution is -2.60. The van der Waals surface area contributed by atoms with Crippen LogP contribution in [0, 0.1) is 46.8 Å². The van der Waals surface area contributed by atoms with E-state index in [4.69, 9.17) is 23.2 Å². The Bertz CT molecular complexity index is 1980. The van der Waals surface area contributed by atoms with Crippen LogP contribution in [0.4, 0.5) is 27.6 Å². The standard InChI is InChI=1S/C33H23Cl2F5N2O5/c1-2-11-41-28(44)16-9-8-15-17(19(16)29(41)45)12-32(34)30(46)42(27-25(39)23(37)22(36)24(38)26(27)40)31(47)33(32,35)21(15)20-14-6-4-3-5-13(14)7-10-18(20)43/h3-8,10,16-17,19,21,43H,2,9,11-12H2,1H3/t16-,17+,19-,21+,32+,33-/m0/s1. The third-order valence-electron chi connectivity index (χ3n) is 10.00. The molecule has 2 aliphatic carbocycles. The third kappa shape index (κ3) is 3.85. The summed E-state index contributed by atoms with van der Waals surface area (Å²) in [4.78, 5) is 51.4. The van der Waals surface area contributed by atoms with Crippen molar-refractivity contribution in [3.8, 4) is 5.75 Å². The van der Waals surface area contributed by atoms with E-state index in [1.165, 1.54) is 6.07 Å². The van der Waals surface area contributed by atoms with Crippen LogP contribution in [0.25, 0.3) is 10.8 Å². The minimum Gasteiger partial charge on any atom is -0.508 e. The average molecular weight is 693 g/mol. The molecule has 3 aromatic carbocycles. The van der Waals surface area contributed by atoms with E-state index in [1.54, 1.807) is 43.3 Å². The van der Waals surface area contributed by atoms with Crippen molar-refractivity contribution < 1.29 is 46.2 Å². The van der Waals surface area contributed by atoms with E-state index in [-0.39, 0.29) is 29.0 Å². The Morgan fingerprint density at radius 3 is 2.15 bits per heavy atom. The first-order valence-corrected chi connectivity index (χ1v) is 15.5. The van der Waals surface area contributed by atoms with Crippen LogP contribution in [0.15, 0.2) is 48.0 Å². The Morgan fingerprint density at radius 2 is 1.49 bits per heavy atom. The van der Waals surface area contributed by atoms with Crippen molar-refractivity contribution in [1.29, 1.82) is 0 Å². The van der Waals surface area contributed by atoms with Gasteiger partial charge in [0.1, 0.15) is 11.4 Å². The number of phenolic OH excluding ortho intramolecular Hbond substituents is 1. The van der Waals surface area contributed by atoms with Gasteiger partial charge in [0.25, 0.3) is 11.8 Å². The van der Waals surface area contributed by atoms with Gasteiger partial charge in [0, 0.05) is 18.0 Å². The number of aromatic hydroxyl groups is 1. The molecule has 7 nitrogen and oxygen atoms in total. The number of rotatable bonds is 4. The van der Waals surface area contributed by atoms with Gasteiger partial charge in [-0.05, 0) is 42.0 Å². The lowest BCUT2D eigenvalue weighted by Gasteiger charge is -2.51. The maximum absolute atomic E-state index is 15.2. The molecule has 0 aromatic heterocycles. The zero-order valence-electron chi connectivity index (χ0n) is 24.3. The van der Waals surface area contributed by atoms with Crippen LogP contribution in [0.2, 0.25) is 0 Å². The van der Waals surface area contributed by atoms with E-state index in [1.807, 2.05) is 0 Å². The van der Waals surface area contributed by atoms with Gasteiger partial charge in [-0.1, -0.05) is 48.9 Å². The lowest BCUT2D eigenvalue weighted by atomic mass is 9.56. The van der Waals surface area contributed by atoms with Crippen LogP contribution in [0.3, 0.4) is 0 Å². The molecule has 0 spiro atoms. The Kier molecular flexibility index (Phi) is 7.04. The van der Waals surface area contributed by atoms with Gasteiger partial charge in [0.05, 0.1) is 11.8 Å². The van der Waals surface area contributed by atoms with Crippen molar-refractivity contribution in [3.05, 3.63) is 82.7 Å². The van der Waals surface area contributed by atoms with Gasteiger partial charge < -0.3 is 5.11 Å². The first-order chi connectivity index (χ1) is 22.2. The summed E-state index contributed by atoms with van der Waals surface area (Å²) in [6, 6.07) is 9.46. The van der Waals surface area contributed by atoms with E-state index in [0.29, 0.717) is 17.2 Å². The minimum atomic E-state index is -2.72. The molecular formula is C33H23Cl2F5N2O5. The molecule has 1 N–H and O–H groups in total. The first kappa shape index (κ1) is 31.6. The number of nitrogens with zero attached hydrogens (tertiary/aromatic N) is 2. The fourth-order valence-electron chi connectivity index (χ4n) is 7.98. The highest BCUT2D eigenvalue weighted by Crippen LogP contribution is 2.67. The summed E-state index contributed by atoms with van der Waals surface area (Å²) in [6.45, 7) is 1.90. The number of likely N-dealkylation sites (tertiary alicyclic amines) is 1. The first-order valence-electron chi connectivity index (χ1n) is 14.8. The Balaban J connectivity index is 1.52. The van der Waals surface area contributed by atoms with Gasteiger partial charge in [-0.25, -0.2) is 26.9 Å². The van der Waals surface area contributed by atoms with E-state index >= 15 is 8.78 Å². The molecule has 2 heterocycles. The second-order valence-electron chi connectivity index (χ2n) is 12.2. The lowest BCUT2D eigenvalue weighted by molar-refractivity contribution is -0.140. The van der Waals surface area contributed by atoms with Crippen molar-refractivity contribution in [3.63, 3.8) is 0 Å². The fourth-order valence-corrected chi connectivity index (χ4v) is 8.90. The molecule has 14 heteroatoms. The zero-order valence-corrected chi connectivity index (χ0v) is 25.8. The summed E-state index contributed by atoms with van der Waals surface area (Å²) >= 11 is 14.3. The summed E-state index contributed by atoms with van der Waals surface area (Å²) in [5.74, 6) is -21.4. The van der Waals surface area contributed by atoms with Crippen LogP contribution in [-0.2, 0) is 19.2 Å². The number of benzene rings is 3. The number of anilines is 1. The number of carbonyl (C=O) groups excluding carboxylic acids is 4. The highest BCUT2D eigenvalue weighted by Gasteiger charge is 2.77. The van der Waals surface area contributed by atoms with Gasteiger partial charge >= 0.3 is 0 Å². The Labute approximate surface area is 273 Å². The van der Waals surface area contributed by atoms with Gasteiger partial charge in [-0.2, -0.15) is 0 Å². The molecule has 1 saturated carbocycles. The van der Waals surface area contributed by atoms with Crippen molar-refractivity contribution in [2.75, 3.05) is 11.4 Å². The topological polar surface area (TPSA) is 95.0 Å². The number of carbonyl (C=O) groups is 4. The van der Waals surface area contributed by atoms with Crippen LogP contribution >= 0.6 is 23.2 Å². The normalized spacial score (nSPS) is 30.2. The smallest absolute Gasteiger partial charge is 0.258 e. The van der Waals surface area contributed by atoms with Gasteiger partial charge in [-0.15, -0.1) is 23.2 Å². The maximum Gasteiger partial charge on any atom is 0.258 e. The summed E-state index contributed by atoms with van der Waals surface area (Å²) in [5, 5.41) is 12.3. The molecule has 0 unspecified atom stereocenters. The summed E-state index contributed by atoms with van der Waals surface area (Å²) in [7, 11) is 0. The third-order valence-corrected chi connectivity index (χ3v) is 11.4. The monoisotopic (exact) mass is 692 g/mol. The molecule has 2 saturated heterocycles. The number of allylic oxidation sites excluding steroid dienone is 2. The Hall–Kier alpha value is -4.03. The molecule has 6 atom stereocenters. The largest absolute Gasteiger partial charge is 0.508 e. The van der Waals surface area contributed by atoms with Crippen LogP contribution in [0.1, 0.15) is 37.7 Å². The van der Waals surface area contributed by atoms with Crippen molar-refractivity contribution in [2.45, 2.75) is 41.9 Å². The van der Waals surface area contributed by atoms with E-state index < -0.39 is 104 Å². The maximum atomic E-state index is 15.2. The van der Waals surface area contributed by atoms with Crippen molar-refractivity contribution >= 4 is 63.3 Å². The van der Waals surface area contributed by atoms with Crippen LogP contribution < -0.4 is 4.90 Å². The van der Waals surface area contributed by atoms with E-state index in [2.05, 4.69) is 0 Å². The molecule has 0 bridgehead atoms. The number of fused-ring (bicyclic) bond motifs is 5. The number of hydrogen-bond acceptors (Lipinski definition) is 5. The molecule has 3 fully saturated rings. The zero-order chi connectivity index (χ0) is 33.9. The second kappa shape index (κ2) is 10.5. The molecular weight excluding hydrogens is 670 g/mol. The fraction of sp³-hybridized carbons (Fsp3) is 0.333. The Morgan fingerprint density at radius 1 is 0.851 bits per heavy atom. The predicted octanol–water partition coefficient (Wildman–Crippen LogP) is 6.21. The van der Waals surface area contributed by atoms with Gasteiger partial charge in [0.15, 0.2) is 33.0 Å². The number of amides is 4. The summed E-state index contributed by atoms with van der Waals surface area (Å²) in [6.07, 6.45) is 1.47. The molecule has 47 heavy (non-hydrogen) atoms. The molecule has 7 rings (SSSR count). The quantitative estimate of drug-likeness (QED) is 0.0876. The number of alkyl halides is 2. The van der Waals surface area contributed by atoms with Gasteiger partial charge in [-0.3, -0.25) is 24.1 Å². The average Bonchev–Trinajstić information content (AvgIpc) is 3.38. The molecule has 2 aliphatic heterocycles. The second-order valence-corrected chi connectivity index (χ2v) is 13.5. The predicted molar refractivity (Wildman–Crippen MR) is 159 cm³/mol. The number of imide groups is 2. The minimum absolute atomic E-state index is 0.0138. The van der Waals surface area contributed by atoms with E-state index in [0.717, 1.165) is 4.90 Å². The van der Waals surface area contributed by atoms with E-state index in [9.17, 15) is 37.5 Å². The molecule has 244 valence electrons. The number of phenols is 1. The molecule has 4 amide bonds. The van der Waals surface area contributed by atoms with Crippen LogP contribution in [-0.4, -0.2) is 49.9 Å². The summed E-state index contributed by atoms with van der Waals surface area (Å²) in [5.41, 5.74) is -1.60. The highest BCUT2D eigenvalue weighted by molar-refractivity contribution is 6.58. The van der Waals surface area contributed by atoms with Gasteiger partial charge in [0.2, 0.25) is 17.6 Å². The molecule has 0 radical (unpaired) electrons. The SMILES string of the molecule is CCCN1C(=O)[C@H]2[C@H](CC=C3[C@H]2C[C@@]2(Cl)C(=O)N(c4c(F)c(F)c(F)c(F)c4F)C(=O)[C@@]2(Cl)[C@H]3c2c(O)ccc3ccccc23)C1=O. The van der Waals surface area contributed by atoms with Crippen LogP contribution in [0.5, 0.6) is 5.75 Å². The highest BCUT2D eigenvalue weighted by atomic mass is 35.5. The molecule has 3 aromatic rings. The van der Waals surface area contributed by atoms with Crippen molar-refractivity contribution in [1.82, 2.24) is 4.90 Å². The van der Waals surface area contributed by atoms with Crippen molar-refractivity contribution in [2.24, 2.45) is 17.8 Å². The number of halogens is 7.